The van der Waals surface area contributed by atoms with Crippen molar-refractivity contribution in [3.63, 3.8) is 0 Å². The third-order valence-electron chi connectivity index (χ3n) is 5.70. The van der Waals surface area contributed by atoms with Gasteiger partial charge in [-0.2, -0.15) is 5.10 Å². The van der Waals surface area contributed by atoms with Gasteiger partial charge in [0.25, 0.3) is 0 Å². The van der Waals surface area contributed by atoms with Gasteiger partial charge in [-0.05, 0) is 63.2 Å². The molecule has 2 rings (SSSR count). The standard InChI is InChI=1S/C25H45N7O/c1-5-14-31(15-9-12-28-13-10-25(2,3)4)24(33)20-17-21-22(29-23(27)18-20)19-32(30-21)16-8-6-7-11-26/h17,19,28H,5-16,18,26H2,1-4H3,(H2,27,29). The van der Waals surface area contributed by atoms with Crippen LogP contribution >= 0.6 is 0 Å². The van der Waals surface area contributed by atoms with Crippen LogP contribution in [0.2, 0.25) is 0 Å². The van der Waals surface area contributed by atoms with E-state index in [0.717, 1.165) is 82.6 Å². The van der Waals surface area contributed by atoms with Gasteiger partial charge in [-0.25, -0.2) is 4.99 Å². The van der Waals surface area contributed by atoms with Crippen LogP contribution in [-0.2, 0) is 11.3 Å². The topological polar surface area (TPSA) is 115 Å². The monoisotopic (exact) mass is 459 g/mol. The van der Waals surface area contributed by atoms with E-state index >= 15 is 0 Å². The molecular weight excluding hydrogens is 414 g/mol. The van der Waals surface area contributed by atoms with Crippen LogP contribution in [0.5, 0.6) is 0 Å². The number of unbranched alkanes of at least 4 members (excludes halogenated alkanes) is 2. The number of aliphatic imine (C=N–C) groups is 1. The summed E-state index contributed by atoms with van der Waals surface area (Å²) in [5, 5.41) is 8.17. The molecule has 0 atom stereocenters. The van der Waals surface area contributed by atoms with E-state index in [1.165, 1.54) is 0 Å². The van der Waals surface area contributed by atoms with Gasteiger partial charge in [0.2, 0.25) is 5.91 Å². The van der Waals surface area contributed by atoms with Gasteiger partial charge in [-0.3, -0.25) is 9.48 Å². The number of hydrogen-bond acceptors (Lipinski definition) is 6. The lowest BCUT2D eigenvalue weighted by atomic mass is 9.92. The number of hydrogen-bond donors (Lipinski definition) is 3. The van der Waals surface area contributed by atoms with Gasteiger partial charge < -0.3 is 21.7 Å². The van der Waals surface area contributed by atoms with Crippen LogP contribution in [0.3, 0.4) is 0 Å². The van der Waals surface area contributed by atoms with Gasteiger partial charge >= 0.3 is 0 Å². The van der Waals surface area contributed by atoms with Crippen molar-refractivity contribution < 1.29 is 4.79 Å². The maximum atomic E-state index is 13.4. The maximum Gasteiger partial charge on any atom is 0.250 e. The van der Waals surface area contributed by atoms with Crippen molar-refractivity contribution in [2.45, 2.75) is 79.2 Å². The van der Waals surface area contributed by atoms with E-state index in [1.807, 2.05) is 21.9 Å². The third-order valence-corrected chi connectivity index (χ3v) is 5.70. The van der Waals surface area contributed by atoms with Crippen LogP contribution in [-0.4, -0.2) is 59.1 Å². The van der Waals surface area contributed by atoms with Gasteiger partial charge in [0, 0.05) is 31.6 Å². The Hall–Kier alpha value is -2.19. The van der Waals surface area contributed by atoms with E-state index in [-0.39, 0.29) is 5.91 Å². The molecule has 0 spiro atoms. The van der Waals surface area contributed by atoms with E-state index in [0.29, 0.717) is 29.8 Å². The molecule has 1 aromatic heterocycles. The molecular formula is C25H45N7O. The Labute approximate surface area is 199 Å². The van der Waals surface area contributed by atoms with Crippen molar-refractivity contribution in [3.8, 4) is 0 Å². The predicted molar refractivity (Wildman–Crippen MR) is 137 cm³/mol. The second-order valence-corrected chi connectivity index (χ2v) is 10.2. The normalized spacial score (nSPS) is 13.8. The molecule has 5 N–H and O–H groups in total. The van der Waals surface area contributed by atoms with Crippen LogP contribution in [0, 0.1) is 5.41 Å². The van der Waals surface area contributed by atoms with Crippen molar-refractivity contribution in [2.24, 2.45) is 21.9 Å². The number of aromatic nitrogens is 2. The molecule has 0 aliphatic carbocycles. The zero-order valence-electron chi connectivity index (χ0n) is 21.2. The zero-order chi connectivity index (χ0) is 24.3. The van der Waals surface area contributed by atoms with Crippen LogP contribution in [0.1, 0.15) is 78.3 Å². The zero-order valence-corrected chi connectivity index (χ0v) is 21.2. The van der Waals surface area contributed by atoms with E-state index in [9.17, 15) is 4.79 Å². The van der Waals surface area contributed by atoms with Crippen LogP contribution in [0.15, 0.2) is 16.8 Å². The van der Waals surface area contributed by atoms with Crippen molar-refractivity contribution in [2.75, 3.05) is 32.7 Å². The highest BCUT2D eigenvalue weighted by atomic mass is 16.2. The highest BCUT2D eigenvalue weighted by Gasteiger charge is 2.22. The first-order valence-electron chi connectivity index (χ1n) is 12.5. The minimum absolute atomic E-state index is 0.0371. The van der Waals surface area contributed by atoms with Crippen LogP contribution < -0.4 is 16.8 Å². The fraction of sp³-hybridized carbons (Fsp3) is 0.720. The molecule has 0 saturated heterocycles. The largest absolute Gasteiger partial charge is 0.387 e. The smallest absolute Gasteiger partial charge is 0.250 e. The number of amides is 1. The molecule has 0 radical (unpaired) electrons. The summed E-state index contributed by atoms with van der Waals surface area (Å²) in [5.41, 5.74) is 14.2. The summed E-state index contributed by atoms with van der Waals surface area (Å²) < 4.78 is 1.90. The number of amidine groups is 1. The Kier molecular flexibility index (Phi) is 11.1. The first kappa shape index (κ1) is 27.1. The number of nitrogens with zero attached hydrogens (tertiary/aromatic N) is 4. The average Bonchev–Trinajstić information content (AvgIpc) is 3.04. The van der Waals surface area contributed by atoms with Crippen molar-refractivity contribution in [1.29, 1.82) is 0 Å². The molecule has 186 valence electrons. The summed E-state index contributed by atoms with van der Waals surface area (Å²) in [7, 11) is 0. The molecule has 1 aliphatic heterocycles. The minimum atomic E-state index is 0.0371. The molecule has 0 saturated carbocycles. The summed E-state index contributed by atoms with van der Waals surface area (Å²) in [4.78, 5) is 19.8. The van der Waals surface area contributed by atoms with E-state index in [4.69, 9.17) is 11.5 Å². The lowest BCUT2D eigenvalue weighted by molar-refractivity contribution is -0.127. The van der Waals surface area contributed by atoms with Crippen LogP contribution in [0.25, 0.3) is 6.08 Å². The Bertz CT molecular complexity index is 804. The Morgan fingerprint density at radius 2 is 1.97 bits per heavy atom. The molecule has 1 amide bonds. The number of carbonyl (C=O) groups excluding carboxylic acids is 1. The lowest BCUT2D eigenvalue weighted by Gasteiger charge is -2.24. The van der Waals surface area contributed by atoms with Gasteiger partial charge in [0.05, 0.1) is 6.20 Å². The molecule has 8 nitrogen and oxygen atoms in total. The highest BCUT2D eigenvalue weighted by Crippen LogP contribution is 2.26. The molecule has 0 bridgehead atoms. The third kappa shape index (κ3) is 9.68. The second-order valence-electron chi connectivity index (χ2n) is 10.2. The Morgan fingerprint density at radius 1 is 1.18 bits per heavy atom. The minimum Gasteiger partial charge on any atom is -0.387 e. The average molecular weight is 460 g/mol. The van der Waals surface area contributed by atoms with Crippen molar-refractivity contribution in [1.82, 2.24) is 20.0 Å². The van der Waals surface area contributed by atoms with Gasteiger partial charge in [0.15, 0.2) is 0 Å². The molecule has 2 heterocycles. The fourth-order valence-electron chi connectivity index (χ4n) is 3.84. The number of nitrogens with two attached hydrogens (primary N) is 2. The second kappa shape index (κ2) is 13.5. The summed E-state index contributed by atoms with van der Waals surface area (Å²) in [6, 6.07) is 0. The predicted octanol–water partition coefficient (Wildman–Crippen LogP) is 3.44. The summed E-state index contributed by atoms with van der Waals surface area (Å²) >= 11 is 0. The van der Waals surface area contributed by atoms with Crippen molar-refractivity contribution in [3.05, 3.63) is 17.5 Å². The number of fused-ring (bicyclic) bond motifs is 1. The summed E-state index contributed by atoms with van der Waals surface area (Å²) in [6.07, 6.45) is 10.2. The van der Waals surface area contributed by atoms with E-state index in [1.54, 1.807) is 0 Å². The summed E-state index contributed by atoms with van der Waals surface area (Å²) in [5.74, 6) is 0.492. The maximum absolute atomic E-state index is 13.4. The number of carbonyl (C=O) groups is 1. The lowest BCUT2D eigenvalue weighted by Crippen LogP contribution is -2.36. The SMILES string of the molecule is CCCN(CCCNCCC(C)(C)C)C(=O)C1=Cc2nn(CCCCCN)cc2N=C(N)C1. The van der Waals surface area contributed by atoms with E-state index in [2.05, 4.69) is 43.1 Å². The molecule has 33 heavy (non-hydrogen) atoms. The van der Waals surface area contributed by atoms with E-state index < -0.39 is 0 Å². The molecule has 1 aromatic rings. The van der Waals surface area contributed by atoms with Crippen molar-refractivity contribution >= 4 is 23.5 Å². The van der Waals surface area contributed by atoms with Gasteiger partial charge in [-0.15, -0.1) is 0 Å². The molecule has 0 aromatic carbocycles. The van der Waals surface area contributed by atoms with Gasteiger partial charge in [0.1, 0.15) is 17.2 Å². The molecule has 1 aliphatic rings. The molecule has 8 heteroatoms. The molecule has 0 unspecified atom stereocenters. The Morgan fingerprint density at radius 3 is 2.67 bits per heavy atom. The van der Waals surface area contributed by atoms with Crippen LogP contribution in [0.4, 0.5) is 5.69 Å². The fourth-order valence-corrected chi connectivity index (χ4v) is 3.84. The first-order valence-corrected chi connectivity index (χ1v) is 12.5. The molecule has 0 fully saturated rings. The highest BCUT2D eigenvalue weighted by molar-refractivity contribution is 6.05. The quantitative estimate of drug-likeness (QED) is 0.369. The van der Waals surface area contributed by atoms with Gasteiger partial charge in [-0.1, -0.05) is 34.1 Å². The number of aryl methyl sites for hydroxylation is 1. The first-order chi connectivity index (χ1) is 15.7. The number of nitrogens with one attached hydrogen (secondary N) is 1. The number of rotatable bonds is 14. The summed E-state index contributed by atoms with van der Waals surface area (Å²) in [6.45, 7) is 13.8. The Balaban J connectivity index is 1.99.